The number of hydrogen-bond acceptors (Lipinski definition) is 3. The zero-order valence-corrected chi connectivity index (χ0v) is 12.4. The van der Waals surface area contributed by atoms with E-state index in [0.29, 0.717) is 18.3 Å². The second kappa shape index (κ2) is 6.55. The summed E-state index contributed by atoms with van der Waals surface area (Å²) in [5.74, 6) is 1.26. The van der Waals surface area contributed by atoms with Gasteiger partial charge in [0, 0.05) is 6.04 Å². The summed E-state index contributed by atoms with van der Waals surface area (Å²) < 4.78 is 4.87. The van der Waals surface area contributed by atoms with Crippen LogP contribution >= 0.6 is 0 Å². The minimum atomic E-state index is -0.108. The fourth-order valence-corrected chi connectivity index (χ4v) is 3.43. The van der Waals surface area contributed by atoms with Gasteiger partial charge < -0.3 is 10.5 Å². The van der Waals surface area contributed by atoms with Gasteiger partial charge in [0.05, 0.1) is 13.5 Å². The second-order valence-corrected chi connectivity index (χ2v) is 6.23. The summed E-state index contributed by atoms with van der Waals surface area (Å²) in [5, 5.41) is 0. The van der Waals surface area contributed by atoms with Crippen molar-refractivity contribution < 1.29 is 9.53 Å². The van der Waals surface area contributed by atoms with Crippen LogP contribution in [0.3, 0.4) is 0 Å². The maximum Gasteiger partial charge on any atom is 0.306 e. The van der Waals surface area contributed by atoms with Crippen LogP contribution in [0.2, 0.25) is 0 Å². The van der Waals surface area contributed by atoms with Crippen molar-refractivity contribution in [3.05, 3.63) is 0 Å². The van der Waals surface area contributed by atoms with Crippen LogP contribution in [0.1, 0.15) is 59.3 Å². The van der Waals surface area contributed by atoms with Crippen molar-refractivity contribution in [2.45, 2.75) is 65.3 Å². The molecule has 3 heteroatoms. The van der Waals surface area contributed by atoms with Crippen LogP contribution in [-0.2, 0) is 9.53 Å². The maximum atomic E-state index is 11.7. The fraction of sp³-hybridized carbons (Fsp3) is 0.933. The molecular weight excluding hydrogens is 226 g/mol. The zero-order chi connectivity index (χ0) is 13.8. The van der Waals surface area contributed by atoms with Gasteiger partial charge in [0.2, 0.25) is 0 Å². The van der Waals surface area contributed by atoms with Crippen LogP contribution in [0.25, 0.3) is 0 Å². The number of ether oxygens (including phenoxy) is 1. The molecule has 1 rings (SSSR count). The molecule has 0 heterocycles. The number of carbonyl (C=O) groups is 1. The number of esters is 1. The Labute approximate surface area is 111 Å². The first kappa shape index (κ1) is 15.5. The Bertz CT molecular complexity index is 278. The Morgan fingerprint density at radius 2 is 2.17 bits per heavy atom. The van der Waals surface area contributed by atoms with Gasteiger partial charge in [0.15, 0.2) is 0 Å². The standard InChI is InChI=1S/C15H29NO2/c1-5-13(16)15(10-14(17)18-4)8-6-7-12(9-15)11(2)3/h11-13H,5-10,16H2,1-4H3. The number of carbonyl (C=O) groups excluding carboxylic acids is 1. The summed E-state index contributed by atoms with van der Waals surface area (Å²) in [4.78, 5) is 11.7. The van der Waals surface area contributed by atoms with Gasteiger partial charge in [0.25, 0.3) is 0 Å². The molecule has 0 amide bonds. The van der Waals surface area contributed by atoms with Gasteiger partial charge in [0.1, 0.15) is 0 Å². The van der Waals surface area contributed by atoms with Gasteiger partial charge in [-0.2, -0.15) is 0 Å². The predicted molar refractivity (Wildman–Crippen MR) is 74.1 cm³/mol. The van der Waals surface area contributed by atoms with Crippen molar-refractivity contribution in [3.8, 4) is 0 Å². The van der Waals surface area contributed by atoms with E-state index in [1.807, 2.05) is 0 Å². The molecule has 1 aliphatic rings. The van der Waals surface area contributed by atoms with Crippen LogP contribution in [0.4, 0.5) is 0 Å². The molecule has 2 N–H and O–H groups in total. The van der Waals surface area contributed by atoms with E-state index in [1.165, 1.54) is 20.0 Å². The molecule has 0 aliphatic heterocycles. The Morgan fingerprint density at radius 1 is 1.50 bits per heavy atom. The minimum Gasteiger partial charge on any atom is -0.469 e. The lowest BCUT2D eigenvalue weighted by Gasteiger charge is -2.45. The summed E-state index contributed by atoms with van der Waals surface area (Å²) >= 11 is 0. The monoisotopic (exact) mass is 255 g/mol. The highest BCUT2D eigenvalue weighted by Crippen LogP contribution is 2.47. The van der Waals surface area contributed by atoms with Crippen molar-refractivity contribution in [1.29, 1.82) is 0 Å². The average Bonchev–Trinajstić information content (AvgIpc) is 2.37. The summed E-state index contributed by atoms with van der Waals surface area (Å²) in [5.41, 5.74) is 6.31. The molecule has 0 saturated heterocycles. The molecule has 0 spiro atoms. The Hall–Kier alpha value is -0.570. The molecule has 0 aromatic heterocycles. The fourth-order valence-electron chi connectivity index (χ4n) is 3.43. The lowest BCUT2D eigenvalue weighted by Crippen LogP contribution is -2.46. The van der Waals surface area contributed by atoms with Crippen LogP contribution in [0.5, 0.6) is 0 Å². The summed E-state index contributed by atoms with van der Waals surface area (Å²) in [7, 11) is 1.47. The van der Waals surface area contributed by atoms with E-state index in [1.54, 1.807) is 0 Å². The van der Waals surface area contributed by atoms with E-state index >= 15 is 0 Å². The Balaban J connectivity index is 2.86. The number of methoxy groups -OCH3 is 1. The maximum absolute atomic E-state index is 11.7. The normalized spacial score (nSPS) is 30.2. The average molecular weight is 255 g/mol. The van der Waals surface area contributed by atoms with Crippen molar-refractivity contribution in [2.24, 2.45) is 23.0 Å². The number of rotatable bonds is 5. The molecule has 0 aromatic rings. The second-order valence-electron chi connectivity index (χ2n) is 6.23. The molecule has 3 nitrogen and oxygen atoms in total. The molecule has 1 aliphatic carbocycles. The van der Waals surface area contributed by atoms with Crippen LogP contribution in [0.15, 0.2) is 0 Å². The molecule has 1 fully saturated rings. The van der Waals surface area contributed by atoms with Gasteiger partial charge in [-0.1, -0.05) is 33.6 Å². The highest BCUT2D eigenvalue weighted by atomic mass is 16.5. The van der Waals surface area contributed by atoms with E-state index in [2.05, 4.69) is 20.8 Å². The third-order valence-corrected chi connectivity index (χ3v) is 4.81. The highest BCUT2D eigenvalue weighted by molar-refractivity contribution is 5.70. The van der Waals surface area contributed by atoms with E-state index in [0.717, 1.165) is 19.3 Å². The van der Waals surface area contributed by atoms with E-state index in [9.17, 15) is 4.79 Å². The van der Waals surface area contributed by atoms with Crippen LogP contribution < -0.4 is 5.73 Å². The summed E-state index contributed by atoms with van der Waals surface area (Å²) in [6, 6.07) is 0.109. The van der Waals surface area contributed by atoms with E-state index in [4.69, 9.17) is 10.5 Å². The van der Waals surface area contributed by atoms with Gasteiger partial charge in [-0.3, -0.25) is 4.79 Å². The first-order valence-corrected chi connectivity index (χ1v) is 7.27. The molecular formula is C15H29NO2. The highest BCUT2D eigenvalue weighted by Gasteiger charge is 2.42. The van der Waals surface area contributed by atoms with Gasteiger partial charge in [-0.25, -0.2) is 0 Å². The van der Waals surface area contributed by atoms with Gasteiger partial charge in [-0.05, 0) is 36.5 Å². The molecule has 3 unspecified atom stereocenters. The lowest BCUT2D eigenvalue weighted by atomic mass is 9.61. The summed E-state index contributed by atoms with van der Waals surface area (Å²) in [6.45, 7) is 6.66. The first-order chi connectivity index (χ1) is 8.45. The molecule has 18 heavy (non-hydrogen) atoms. The third-order valence-electron chi connectivity index (χ3n) is 4.81. The van der Waals surface area contributed by atoms with Crippen molar-refractivity contribution >= 4 is 5.97 Å². The molecule has 0 radical (unpaired) electrons. The van der Waals surface area contributed by atoms with Crippen molar-refractivity contribution in [2.75, 3.05) is 7.11 Å². The van der Waals surface area contributed by atoms with Crippen molar-refractivity contribution in [3.63, 3.8) is 0 Å². The largest absolute Gasteiger partial charge is 0.469 e. The SMILES string of the molecule is CCC(N)C1(CC(=O)OC)CCCC(C(C)C)C1. The first-order valence-electron chi connectivity index (χ1n) is 7.27. The molecule has 0 aromatic carbocycles. The Morgan fingerprint density at radius 3 is 2.67 bits per heavy atom. The smallest absolute Gasteiger partial charge is 0.306 e. The Kier molecular flexibility index (Phi) is 5.64. The molecule has 1 saturated carbocycles. The number of nitrogens with two attached hydrogens (primary N) is 1. The molecule has 106 valence electrons. The van der Waals surface area contributed by atoms with Crippen molar-refractivity contribution in [1.82, 2.24) is 0 Å². The van der Waals surface area contributed by atoms with Crippen LogP contribution in [-0.4, -0.2) is 19.1 Å². The van der Waals surface area contributed by atoms with Gasteiger partial charge in [-0.15, -0.1) is 0 Å². The van der Waals surface area contributed by atoms with E-state index in [-0.39, 0.29) is 17.4 Å². The van der Waals surface area contributed by atoms with E-state index < -0.39 is 0 Å². The lowest BCUT2D eigenvalue weighted by molar-refractivity contribution is -0.145. The predicted octanol–water partition coefficient (Wildman–Crippen LogP) is 3.12. The zero-order valence-electron chi connectivity index (χ0n) is 12.4. The quantitative estimate of drug-likeness (QED) is 0.768. The topological polar surface area (TPSA) is 52.3 Å². The summed E-state index contributed by atoms with van der Waals surface area (Å²) in [6.07, 6.45) is 6.03. The molecule has 0 bridgehead atoms. The minimum absolute atomic E-state index is 0.0327. The molecule has 3 atom stereocenters. The van der Waals surface area contributed by atoms with Gasteiger partial charge >= 0.3 is 5.97 Å². The third kappa shape index (κ3) is 3.47. The number of hydrogen-bond donors (Lipinski definition) is 1. The van der Waals surface area contributed by atoms with Crippen LogP contribution in [0, 0.1) is 17.3 Å².